The molecule has 1 fully saturated rings. The summed E-state index contributed by atoms with van der Waals surface area (Å²) < 4.78 is 39.8. The zero-order chi connectivity index (χ0) is 14.4. The van der Waals surface area contributed by atoms with Crippen LogP contribution < -0.4 is 10.1 Å². The van der Waals surface area contributed by atoms with Crippen molar-refractivity contribution in [3.63, 3.8) is 0 Å². The monoisotopic (exact) mass is 287 g/mol. The van der Waals surface area contributed by atoms with E-state index in [0.717, 1.165) is 18.0 Å². The van der Waals surface area contributed by atoms with Crippen LogP contribution in [0.25, 0.3) is 0 Å². The van der Waals surface area contributed by atoms with E-state index in [1.807, 2.05) is 0 Å². The minimum Gasteiger partial charge on any atom is -0.406 e. The molecular formula is C15H20F3NO. The summed E-state index contributed by atoms with van der Waals surface area (Å²) in [6.07, 6.45) is 1.95. The van der Waals surface area contributed by atoms with E-state index in [2.05, 4.69) is 10.1 Å². The molecule has 1 aromatic rings. The molecule has 2 rings (SSSR count). The summed E-state index contributed by atoms with van der Waals surface area (Å²) in [5.41, 5.74) is 0.964. The molecule has 0 amide bonds. The normalized spacial score (nSPS) is 16.6. The molecule has 0 aromatic heterocycles. The highest BCUT2D eigenvalue weighted by molar-refractivity contribution is 5.27. The predicted octanol–water partition coefficient (Wildman–Crippen LogP) is 4.26. The van der Waals surface area contributed by atoms with E-state index in [9.17, 15) is 13.2 Å². The number of benzene rings is 1. The number of alkyl halides is 3. The Morgan fingerprint density at radius 2 is 1.75 bits per heavy atom. The summed E-state index contributed by atoms with van der Waals surface area (Å²) >= 11 is 0. The molecule has 0 atom stereocenters. The molecule has 1 aliphatic carbocycles. The van der Waals surface area contributed by atoms with E-state index in [1.165, 1.54) is 44.2 Å². The lowest BCUT2D eigenvalue weighted by atomic mass is 10.0. The van der Waals surface area contributed by atoms with E-state index in [0.29, 0.717) is 6.54 Å². The van der Waals surface area contributed by atoms with Crippen molar-refractivity contribution in [2.45, 2.75) is 45.0 Å². The van der Waals surface area contributed by atoms with E-state index in [-0.39, 0.29) is 5.75 Å². The fourth-order valence-corrected chi connectivity index (χ4v) is 2.65. The smallest absolute Gasteiger partial charge is 0.406 e. The van der Waals surface area contributed by atoms with Crippen molar-refractivity contribution in [1.29, 1.82) is 0 Å². The highest BCUT2D eigenvalue weighted by atomic mass is 19.4. The van der Waals surface area contributed by atoms with Crippen molar-refractivity contribution in [3.05, 3.63) is 29.8 Å². The Morgan fingerprint density at radius 1 is 1.10 bits per heavy atom. The molecule has 112 valence electrons. The van der Waals surface area contributed by atoms with Crippen LogP contribution in [-0.2, 0) is 6.54 Å². The maximum atomic E-state index is 12.0. The van der Waals surface area contributed by atoms with Gasteiger partial charge in [-0.25, -0.2) is 0 Å². The predicted molar refractivity (Wildman–Crippen MR) is 71.4 cm³/mol. The van der Waals surface area contributed by atoms with Crippen molar-refractivity contribution in [3.8, 4) is 5.75 Å². The van der Waals surface area contributed by atoms with Crippen molar-refractivity contribution < 1.29 is 17.9 Å². The number of nitrogens with one attached hydrogen (secondary N) is 1. The Hall–Kier alpha value is -1.23. The van der Waals surface area contributed by atoms with Crippen LogP contribution in [0.4, 0.5) is 13.2 Å². The minimum absolute atomic E-state index is 0.174. The summed E-state index contributed by atoms with van der Waals surface area (Å²) in [4.78, 5) is 0. The third kappa shape index (κ3) is 5.41. The van der Waals surface area contributed by atoms with Crippen LogP contribution in [-0.4, -0.2) is 12.9 Å². The topological polar surface area (TPSA) is 21.3 Å². The summed E-state index contributed by atoms with van der Waals surface area (Å²) in [7, 11) is 0. The molecular weight excluding hydrogens is 267 g/mol. The molecule has 0 radical (unpaired) electrons. The van der Waals surface area contributed by atoms with Crippen molar-refractivity contribution in [1.82, 2.24) is 5.32 Å². The summed E-state index contributed by atoms with van der Waals surface area (Å²) in [6.45, 7) is 1.64. The van der Waals surface area contributed by atoms with Gasteiger partial charge in [-0.3, -0.25) is 0 Å². The maximum absolute atomic E-state index is 12.0. The van der Waals surface area contributed by atoms with Crippen LogP contribution in [0.5, 0.6) is 5.75 Å². The molecule has 0 saturated heterocycles. The fraction of sp³-hybridized carbons (Fsp3) is 0.600. The molecule has 0 spiro atoms. The largest absolute Gasteiger partial charge is 0.573 e. The molecule has 1 saturated carbocycles. The summed E-state index contributed by atoms with van der Waals surface area (Å²) in [6, 6.07) is 6.01. The van der Waals surface area contributed by atoms with Crippen molar-refractivity contribution >= 4 is 0 Å². The van der Waals surface area contributed by atoms with Gasteiger partial charge in [-0.15, -0.1) is 13.2 Å². The Labute approximate surface area is 117 Å². The van der Waals surface area contributed by atoms with Gasteiger partial charge >= 0.3 is 6.36 Å². The Balaban J connectivity index is 1.68. The minimum atomic E-state index is -4.62. The molecule has 1 N–H and O–H groups in total. The van der Waals surface area contributed by atoms with Gasteiger partial charge in [0.25, 0.3) is 0 Å². The molecule has 0 bridgehead atoms. The van der Waals surface area contributed by atoms with Gasteiger partial charge in [-0.1, -0.05) is 37.8 Å². The molecule has 5 heteroatoms. The third-order valence-electron chi connectivity index (χ3n) is 3.69. The van der Waals surface area contributed by atoms with Gasteiger partial charge in [0.15, 0.2) is 0 Å². The first-order chi connectivity index (χ1) is 9.53. The standard InChI is InChI=1S/C15H20F3NO/c16-15(17,18)20-14-7-5-13(6-8-14)11-19-10-9-12-3-1-2-4-12/h5-8,12,19H,1-4,9-11H2. The average Bonchev–Trinajstić information content (AvgIpc) is 2.88. The Morgan fingerprint density at radius 3 is 2.35 bits per heavy atom. The fourth-order valence-electron chi connectivity index (χ4n) is 2.65. The lowest BCUT2D eigenvalue weighted by Crippen LogP contribution is -2.18. The van der Waals surface area contributed by atoms with Gasteiger partial charge in [-0.2, -0.15) is 0 Å². The van der Waals surface area contributed by atoms with E-state index in [1.54, 1.807) is 12.1 Å². The van der Waals surface area contributed by atoms with Gasteiger partial charge < -0.3 is 10.1 Å². The van der Waals surface area contributed by atoms with Crippen molar-refractivity contribution in [2.24, 2.45) is 5.92 Å². The average molecular weight is 287 g/mol. The molecule has 1 aromatic carbocycles. The van der Waals surface area contributed by atoms with Gasteiger partial charge in [0, 0.05) is 6.54 Å². The number of hydrogen-bond donors (Lipinski definition) is 1. The van der Waals surface area contributed by atoms with Crippen LogP contribution in [0.15, 0.2) is 24.3 Å². The van der Waals surface area contributed by atoms with E-state index < -0.39 is 6.36 Å². The highest BCUT2D eigenvalue weighted by Crippen LogP contribution is 2.27. The molecule has 1 aliphatic rings. The summed E-state index contributed by atoms with van der Waals surface area (Å²) in [5, 5.41) is 3.33. The maximum Gasteiger partial charge on any atom is 0.573 e. The van der Waals surface area contributed by atoms with E-state index >= 15 is 0 Å². The number of halogens is 3. The van der Waals surface area contributed by atoms with Crippen LogP contribution in [0, 0.1) is 5.92 Å². The van der Waals surface area contributed by atoms with Crippen LogP contribution in [0.1, 0.15) is 37.7 Å². The SMILES string of the molecule is FC(F)(F)Oc1ccc(CNCCC2CCCC2)cc1. The first-order valence-corrected chi connectivity index (χ1v) is 7.08. The number of ether oxygens (including phenoxy) is 1. The number of rotatable bonds is 6. The molecule has 2 nitrogen and oxygen atoms in total. The summed E-state index contributed by atoms with van der Waals surface area (Å²) in [5.74, 6) is 0.678. The molecule has 0 aliphatic heterocycles. The number of hydrogen-bond acceptors (Lipinski definition) is 2. The van der Waals surface area contributed by atoms with Crippen molar-refractivity contribution in [2.75, 3.05) is 6.54 Å². The zero-order valence-corrected chi connectivity index (χ0v) is 11.4. The van der Waals surface area contributed by atoms with E-state index in [4.69, 9.17) is 0 Å². The molecule has 20 heavy (non-hydrogen) atoms. The zero-order valence-electron chi connectivity index (χ0n) is 11.4. The van der Waals surface area contributed by atoms with Crippen LogP contribution in [0.3, 0.4) is 0 Å². The molecule has 0 unspecified atom stereocenters. The van der Waals surface area contributed by atoms with Gasteiger partial charge in [0.2, 0.25) is 0 Å². The highest BCUT2D eigenvalue weighted by Gasteiger charge is 2.30. The van der Waals surface area contributed by atoms with Gasteiger partial charge in [-0.05, 0) is 36.6 Å². The quantitative estimate of drug-likeness (QED) is 0.790. The second-order valence-electron chi connectivity index (χ2n) is 5.31. The second-order valence-corrected chi connectivity index (χ2v) is 5.31. The lowest BCUT2D eigenvalue weighted by Gasteiger charge is -2.11. The Kier molecular flexibility index (Phi) is 5.29. The van der Waals surface area contributed by atoms with Gasteiger partial charge in [0.1, 0.15) is 5.75 Å². The van der Waals surface area contributed by atoms with Gasteiger partial charge in [0.05, 0.1) is 0 Å². The molecule has 0 heterocycles. The first kappa shape index (κ1) is 15.2. The lowest BCUT2D eigenvalue weighted by molar-refractivity contribution is -0.274. The Bertz CT molecular complexity index is 397. The van der Waals surface area contributed by atoms with Crippen LogP contribution in [0.2, 0.25) is 0 Å². The first-order valence-electron chi connectivity index (χ1n) is 7.08. The third-order valence-corrected chi connectivity index (χ3v) is 3.69. The second kappa shape index (κ2) is 6.97. The van der Waals surface area contributed by atoms with Crippen LogP contribution >= 0.6 is 0 Å².